The summed E-state index contributed by atoms with van der Waals surface area (Å²) in [5, 5.41) is 0. The van der Waals surface area contributed by atoms with E-state index in [1.54, 1.807) is 0 Å². The molecule has 0 unspecified atom stereocenters. The van der Waals surface area contributed by atoms with Crippen LogP contribution in [-0.2, 0) is 25.5 Å². The number of hydrogen-bond donors (Lipinski definition) is 0. The molecule has 1 aliphatic rings. The van der Waals surface area contributed by atoms with Gasteiger partial charge in [0.25, 0.3) is 0 Å². The molecule has 2 rings (SSSR count). The predicted octanol–water partition coefficient (Wildman–Crippen LogP) is 2.84. The molecule has 8 heteroatoms. The van der Waals surface area contributed by atoms with Crippen LogP contribution in [0.15, 0.2) is 30.3 Å². The van der Waals surface area contributed by atoms with E-state index in [9.17, 15) is 26.4 Å². The SMILES string of the molecule is C/C(=C\C(=O)O[C@H]1CCS(=O)(=O)C1)c1ccccc1C(F)(F)F. The summed E-state index contributed by atoms with van der Waals surface area (Å²) in [6.07, 6.45) is -4.11. The molecular weight excluding hydrogens is 333 g/mol. The molecule has 0 radical (unpaired) electrons. The van der Waals surface area contributed by atoms with Gasteiger partial charge in [-0.2, -0.15) is 13.2 Å². The van der Waals surface area contributed by atoms with Crippen molar-refractivity contribution < 1.29 is 31.1 Å². The van der Waals surface area contributed by atoms with Crippen molar-refractivity contribution in [2.45, 2.75) is 25.6 Å². The Morgan fingerprint density at radius 2 is 1.96 bits per heavy atom. The number of ether oxygens (including phenoxy) is 1. The maximum Gasteiger partial charge on any atom is 0.416 e. The van der Waals surface area contributed by atoms with Crippen molar-refractivity contribution in [3.63, 3.8) is 0 Å². The highest BCUT2D eigenvalue weighted by Crippen LogP contribution is 2.34. The molecule has 0 spiro atoms. The van der Waals surface area contributed by atoms with Gasteiger partial charge in [-0.3, -0.25) is 0 Å². The summed E-state index contributed by atoms with van der Waals surface area (Å²) in [6, 6.07) is 4.90. The molecule has 0 aromatic heterocycles. The molecule has 1 fully saturated rings. The molecule has 0 aliphatic carbocycles. The fourth-order valence-electron chi connectivity index (χ4n) is 2.38. The smallest absolute Gasteiger partial charge is 0.416 e. The minimum Gasteiger partial charge on any atom is -0.458 e. The summed E-state index contributed by atoms with van der Waals surface area (Å²) in [7, 11) is -3.19. The lowest BCUT2D eigenvalue weighted by Crippen LogP contribution is -2.18. The monoisotopic (exact) mass is 348 g/mol. The van der Waals surface area contributed by atoms with Crippen LogP contribution in [0.5, 0.6) is 0 Å². The summed E-state index contributed by atoms with van der Waals surface area (Å²) in [5.41, 5.74) is -0.857. The van der Waals surface area contributed by atoms with Gasteiger partial charge < -0.3 is 4.74 Å². The number of carbonyl (C=O) groups excluding carboxylic acids is 1. The molecule has 0 N–H and O–H groups in total. The van der Waals surface area contributed by atoms with Crippen molar-refractivity contribution in [2.24, 2.45) is 0 Å². The molecule has 0 amide bonds. The van der Waals surface area contributed by atoms with E-state index in [1.165, 1.54) is 25.1 Å². The second-order valence-corrected chi connectivity index (χ2v) is 7.56. The van der Waals surface area contributed by atoms with Gasteiger partial charge >= 0.3 is 12.1 Å². The van der Waals surface area contributed by atoms with Crippen molar-refractivity contribution in [1.82, 2.24) is 0 Å². The Bertz CT molecular complexity index is 735. The third-order valence-electron chi connectivity index (χ3n) is 3.47. The molecule has 126 valence electrons. The molecule has 1 aromatic rings. The fraction of sp³-hybridized carbons (Fsp3) is 0.400. The van der Waals surface area contributed by atoms with Gasteiger partial charge in [0.2, 0.25) is 0 Å². The summed E-state index contributed by atoms with van der Waals surface area (Å²) >= 11 is 0. The topological polar surface area (TPSA) is 60.4 Å². The minimum absolute atomic E-state index is 0.0510. The maximum atomic E-state index is 12.9. The van der Waals surface area contributed by atoms with Crippen molar-refractivity contribution in [3.05, 3.63) is 41.5 Å². The Morgan fingerprint density at radius 3 is 2.52 bits per heavy atom. The first-order chi connectivity index (χ1) is 10.6. The molecule has 0 saturated carbocycles. The second kappa shape index (κ2) is 6.35. The van der Waals surface area contributed by atoms with Crippen LogP contribution in [0.25, 0.3) is 5.57 Å². The molecular formula is C15H15F3O4S. The van der Waals surface area contributed by atoms with E-state index in [1.807, 2.05) is 0 Å². The summed E-state index contributed by atoms with van der Waals surface area (Å²) in [5.74, 6) is -1.14. The summed E-state index contributed by atoms with van der Waals surface area (Å²) in [6.45, 7) is 1.37. The number of halogens is 3. The number of hydrogen-bond acceptors (Lipinski definition) is 4. The number of benzene rings is 1. The lowest BCUT2D eigenvalue weighted by Gasteiger charge is -2.13. The third kappa shape index (κ3) is 4.57. The zero-order valence-corrected chi connectivity index (χ0v) is 13.1. The molecule has 1 heterocycles. The number of sulfone groups is 1. The lowest BCUT2D eigenvalue weighted by atomic mass is 10.0. The Morgan fingerprint density at radius 1 is 1.30 bits per heavy atom. The van der Waals surface area contributed by atoms with Crippen LogP contribution >= 0.6 is 0 Å². The van der Waals surface area contributed by atoms with Gasteiger partial charge in [-0.25, -0.2) is 13.2 Å². The molecule has 23 heavy (non-hydrogen) atoms. The number of carbonyl (C=O) groups is 1. The second-order valence-electron chi connectivity index (χ2n) is 5.33. The van der Waals surface area contributed by atoms with Gasteiger partial charge in [0.15, 0.2) is 9.84 Å². The highest BCUT2D eigenvalue weighted by atomic mass is 32.2. The predicted molar refractivity (Wildman–Crippen MR) is 78.2 cm³/mol. The molecule has 4 nitrogen and oxygen atoms in total. The average Bonchev–Trinajstić information content (AvgIpc) is 2.76. The van der Waals surface area contributed by atoms with Gasteiger partial charge in [0, 0.05) is 6.08 Å². The number of esters is 1. The average molecular weight is 348 g/mol. The molecule has 0 bridgehead atoms. The van der Waals surface area contributed by atoms with Crippen molar-refractivity contribution >= 4 is 21.4 Å². The zero-order valence-electron chi connectivity index (χ0n) is 12.3. The van der Waals surface area contributed by atoms with E-state index in [4.69, 9.17) is 4.74 Å². The maximum absolute atomic E-state index is 12.9. The van der Waals surface area contributed by atoms with Gasteiger partial charge in [-0.05, 0) is 30.5 Å². The van der Waals surface area contributed by atoms with E-state index < -0.39 is 33.7 Å². The number of alkyl halides is 3. The third-order valence-corrected chi connectivity index (χ3v) is 5.20. The lowest BCUT2D eigenvalue weighted by molar-refractivity contribution is -0.142. The van der Waals surface area contributed by atoms with Gasteiger partial charge in [0.05, 0.1) is 17.1 Å². The summed E-state index contributed by atoms with van der Waals surface area (Å²) < 4.78 is 66.4. The van der Waals surface area contributed by atoms with Crippen molar-refractivity contribution in [1.29, 1.82) is 0 Å². The quantitative estimate of drug-likeness (QED) is 0.623. The van der Waals surface area contributed by atoms with E-state index in [0.29, 0.717) is 0 Å². The molecule has 1 atom stereocenters. The van der Waals surface area contributed by atoms with Crippen molar-refractivity contribution in [2.75, 3.05) is 11.5 Å². The molecule has 1 aliphatic heterocycles. The zero-order chi connectivity index (χ0) is 17.3. The first kappa shape index (κ1) is 17.5. The van der Waals surface area contributed by atoms with Crippen molar-refractivity contribution in [3.8, 4) is 0 Å². The van der Waals surface area contributed by atoms with Gasteiger partial charge in [-0.15, -0.1) is 0 Å². The summed E-state index contributed by atoms with van der Waals surface area (Å²) in [4.78, 5) is 11.8. The van der Waals surface area contributed by atoms with Crippen LogP contribution < -0.4 is 0 Å². The number of allylic oxidation sites excluding steroid dienone is 1. The minimum atomic E-state index is -4.53. The van der Waals surface area contributed by atoms with Crippen LogP contribution in [0.3, 0.4) is 0 Å². The highest BCUT2D eigenvalue weighted by molar-refractivity contribution is 7.91. The van der Waals surface area contributed by atoms with Crippen LogP contribution in [0, 0.1) is 0 Å². The first-order valence-corrected chi connectivity index (χ1v) is 8.66. The fourth-order valence-corrected chi connectivity index (χ4v) is 3.97. The van der Waals surface area contributed by atoms with Gasteiger partial charge in [-0.1, -0.05) is 18.2 Å². The van der Waals surface area contributed by atoms with Gasteiger partial charge in [0.1, 0.15) is 6.10 Å². The van der Waals surface area contributed by atoms with Crippen LogP contribution in [-0.4, -0.2) is 32.0 Å². The standard InChI is InChI=1S/C15H15F3O4S/c1-10(12-4-2-3-5-13(12)15(16,17)18)8-14(19)22-11-6-7-23(20,21)9-11/h2-5,8,11H,6-7,9H2,1H3/b10-8+/t11-/m0/s1. The van der Waals surface area contributed by atoms with E-state index in [2.05, 4.69) is 0 Å². The Hall–Kier alpha value is -1.83. The highest BCUT2D eigenvalue weighted by Gasteiger charge is 2.33. The van der Waals surface area contributed by atoms with E-state index in [0.717, 1.165) is 12.1 Å². The Kier molecular flexibility index (Phi) is 4.84. The van der Waals surface area contributed by atoms with Crippen LogP contribution in [0.4, 0.5) is 13.2 Å². The molecule has 1 aromatic carbocycles. The van der Waals surface area contributed by atoms with Crippen LogP contribution in [0.2, 0.25) is 0 Å². The molecule has 1 saturated heterocycles. The Labute approximate surface area is 131 Å². The van der Waals surface area contributed by atoms with Crippen LogP contribution in [0.1, 0.15) is 24.5 Å². The van der Waals surface area contributed by atoms with E-state index in [-0.39, 0.29) is 29.1 Å². The Balaban J connectivity index is 2.16. The first-order valence-electron chi connectivity index (χ1n) is 6.84. The number of rotatable bonds is 3. The normalized spacial score (nSPS) is 21.2. The largest absolute Gasteiger partial charge is 0.458 e. The van der Waals surface area contributed by atoms with E-state index >= 15 is 0 Å².